The Morgan fingerprint density at radius 1 is 0.231 bits per heavy atom. The lowest BCUT2D eigenvalue weighted by Gasteiger charge is -2.14. The van der Waals surface area contributed by atoms with Crippen molar-refractivity contribution in [1.29, 1.82) is 0 Å². The fourth-order valence-electron chi connectivity index (χ4n) is 9.20. The molecule has 0 bridgehead atoms. The number of furan rings is 1. The Kier molecular flexibility index (Phi) is 9.46. The first-order valence-electron chi connectivity index (χ1n) is 21.9. The Morgan fingerprint density at radius 3 is 1.35 bits per heavy atom. The van der Waals surface area contributed by atoms with E-state index in [0.717, 1.165) is 88.7 Å². The highest BCUT2D eigenvalue weighted by Gasteiger charge is 2.18. The molecule has 4 nitrogen and oxygen atoms in total. The molecule has 2 aromatic heterocycles. The Hall–Kier alpha value is -8.73. The van der Waals surface area contributed by atoms with Crippen LogP contribution in [-0.2, 0) is 0 Å². The molecule has 12 aromatic rings. The average Bonchev–Trinajstić information content (AvgIpc) is 3.78. The van der Waals surface area contributed by atoms with Gasteiger partial charge in [0.1, 0.15) is 11.2 Å². The van der Waals surface area contributed by atoms with Crippen LogP contribution in [0.3, 0.4) is 0 Å². The van der Waals surface area contributed by atoms with Crippen LogP contribution in [0.5, 0.6) is 0 Å². The minimum atomic E-state index is 0.610. The molecular weight excluding hydrogens is 791 g/mol. The SMILES string of the molecule is c1ccc(-c2cccc(-c3nc(-c4cccc(-c5ccc(-c6ccc(-c7cccc8c7oc7ccccc78)cc6)c6ccccc56)c4)nc(-c4ccccc4-c4ccccc4)n3)c2)cc1. The van der Waals surface area contributed by atoms with Crippen LogP contribution in [0.4, 0.5) is 0 Å². The molecule has 10 aromatic carbocycles. The van der Waals surface area contributed by atoms with Gasteiger partial charge in [-0.05, 0) is 79.0 Å². The fraction of sp³-hybridized carbons (Fsp3) is 0. The van der Waals surface area contributed by atoms with Gasteiger partial charge < -0.3 is 4.42 Å². The van der Waals surface area contributed by atoms with Gasteiger partial charge in [0.05, 0.1) is 0 Å². The quantitative estimate of drug-likeness (QED) is 0.153. The molecular formula is C61H39N3O. The molecule has 0 saturated heterocycles. The molecule has 65 heavy (non-hydrogen) atoms. The van der Waals surface area contributed by atoms with Crippen molar-refractivity contribution in [3.63, 3.8) is 0 Å². The molecule has 4 heteroatoms. The van der Waals surface area contributed by atoms with Crippen LogP contribution in [0.1, 0.15) is 0 Å². The molecule has 0 aliphatic carbocycles. The summed E-state index contributed by atoms with van der Waals surface area (Å²) in [4.78, 5) is 15.7. The Bertz CT molecular complexity index is 3710. The first-order valence-corrected chi connectivity index (χ1v) is 21.9. The zero-order chi connectivity index (χ0) is 43.1. The van der Waals surface area contributed by atoms with E-state index < -0.39 is 0 Å². The molecule has 0 saturated carbocycles. The predicted molar refractivity (Wildman–Crippen MR) is 268 cm³/mol. The number of rotatable bonds is 8. The van der Waals surface area contributed by atoms with Gasteiger partial charge in [0, 0.05) is 33.0 Å². The number of benzene rings is 10. The fourth-order valence-corrected chi connectivity index (χ4v) is 9.20. The average molecular weight is 830 g/mol. The zero-order valence-electron chi connectivity index (χ0n) is 35.3. The van der Waals surface area contributed by atoms with Crippen LogP contribution in [0.25, 0.3) is 123 Å². The highest BCUT2D eigenvalue weighted by atomic mass is 16.3. The predicted octanol–water partition coefficient (Wildman–Crippen LogP) is 16.3. The summed E-state index contributed by atoms with van der Waals surface area (Å²) < 4.78 is 6.38. The van der Waals surface area contributed by atoms with Crippen molar-refractivity contribution >= 4 is 32.7 Å². The monoisotopic (exact) mass is 829 g/mol. The van der Waals surface area contributed by atoms with Crippen molar-refractivity contribution in [2.24, 2.45) is 0 Å². The van der Waals surface area contributed by atoms with E-state index in [9.17, 15) is 0 Å². The van der Waals surface area contributed by atoms with Gasteiger partial charge in [0.25, 0.3) is 0 Å². The van der Waals surface area contributed by atoms with Gasteiger partial charge in [-0.3, -0.25) is 0 Å². The van der Waals surface area contributed by atoms with Gasteiger partial charge in [0.15, 0.2) is 17.5 Å². The van der Waals surface area contributed by atoms with E-state index in [0.29, 0.717) is 17.5 Å². The second kappa shape index (κ2) is 16.2. The Morgan fingerprint density at radius 2 is 0.662 bits per heavy atom. The highest BCUT2D eigenvalue weighted by molar-refractivity contribution is 6.10. The molecule has 0 radical (unpaired) electrons. The third-order valence-corrected chi connectivity index (χ3v) is 12.4. The summed E-state index contributed by atoms with van der Waals surface area (Å²) in [6.07, 6.45) is 0. The third-order valence-electron chi connectivity index (χ3n) is 12.4. The summed E-state index contributed by atoms with van der Waals surface area (Å²) in [6, 6.07) is 82.9. The molecule has 304 valence electrons. The molecule has 2 heterocycles. The standard InChI is InChI=1S/C61H39N3O/c1-3-16-40(17-4-1)44-20-13-22-46(38-44)59-62-60(64-61(63-59)56-28-10-7-24-48(56)41-18-5-2-6-19-41)47-23-14-21-45(39-47)50-37-36-49(52-25-8-9-26-53(50)52)42-32-34-43(35-33-42)51-29-15-30-55-54-27-11-12-31-57(54)65-58(51)55/h1-39H. The first-order chi connectivity index (χ1) is 32.2. The van der Waals surface area contributed by atoms with Crippen LogP contribution >= 0.6 is 0 Å². The van der Waals surface area contributed by atoms with Gasteiger partial charge in [-0.2, -0.15) is 0 Å². The van der Waals surface area contributed by atoms with E-state index in [-0.39, 0.29) is 0 Å². The number of aromatic nitrogens is 3. The molecule has 0 aliphatic rings. The maximum atomic E-state index is 6.38. The van der Waals surface area contributed by atoms with Crippen molar-refractivity contribution in [3.8, 4) is 89.8 Å². The van der Waals surface area contributed by atoms with Crippen LogP contribution in [0, 0.1) is 0 Å². The summed E-state index contributed by atoms with van der Waals surface area (Å²) in [5.41, 5.74) is 15.8. The topological polar surface area (TPSA) is 51.8 Å². The summed E-state index contributed by atoms with van der Waals surface area (Å²) in [5, 5.41) is 4.62. The highest BCUT2D eigenvalue weighted by Crippen LogP contribution is 2.40. The van der Waals surface area contributed by atoms with E-state index in [1.807, 2.05) is 30.3 Å². The number of nitrogens with zero attached hydrogens (tertiary/aromatic N) is 3. The van der Waals surface area contributed by atoms with Crippen LogP contribution < -0.4 is 0 Å². The molecule has 0 N–H and O–H groups in total. The van der Waals surface area contributed by atoms with Gasteiger partial charge in [-0.1, -0.05) is 218 Å². The molecule has 0 fully saturated rings. The van der Waals surface area contributed by atoms with E-state index in [2.05, 4.69) is 206 Å². The van der Waals surface area contributed by atoms with Gasteiger partial charge in [-0.15, -0.1) is 0 Å². The Balaban J connectivity index is 0.944. The van der Waals surface area contributed by atoms with Crippen molar-refractivity contribution < 1.29 is 4.42 Å². The second-order valence-corrected chi connectivity index (χ2v) is 16.3. The van der Waals surface area contributed by atoms with E-state index >= 15 is 0 Å². The van der Waals surface area contributed by atoms with Crippen molar-refractivity contribution in [2.75, 3.05) is 0 Å². The van der Waals surface area contributed by atoms with Crippen molar-refractivity contribution in [3.05, 3.63) is 237 Å². The maximum absolute atomic E-state index is 6.38. The van der Waals surface area contributed by atoms with Crippen LogP contribution in [-0.4, -0.2) is 15.0 Å². The van der Waals surface area contributed by atoms with E-state index in [1.165, 1.54) is 16.3 Å². The molecule has 0 spiro atoms. The van der Waals surface area contributed by atoms with Gasteiger partial charge in [-0.25, -0.2) is 15.0 Å². The third kappa shape index (κ3) is 7.04. The summed E-state index contributed by atoms with van der Waals surface area (Å²) in [7, 11) is 0. The molecule has 12 rings (SSSR count). The number of hydrogen-bond donors (Lipinski definition) is 0. The lowest BCUT2D eigenvalue weighted by Crippen LogP contribution is -2.01. The van der Waals surface area contributed by atoms with Crippen LogP contribution in [0.2, 0.25) is 0 Å². The second-order valence-electron chi connectivity index (χ2n) is 16.3. The van der Waals surface area contributed by atoms with Gasteiger partial charge in [0.2, 0.25) is 0 Å². The van der Waals surface area contributed by atoms with Crippen LogP contribution in [0.15, 0.2) is 241 Å². The van der Waals surface area contributed by atoms with Crippen molar-refractivity contribution in [2.45, 2.75) is 0 Å². The number of fused-ring (bicyclic) bond motifs is 4. The van der Waals surface area contributed by atoms with E-state index in [4.69, 9.17) is 19.4 Å². The summed E-state index contributed by atoms with van der Waals surface area (Å²) in [6.45, 7) is 0. The Labute approximate surface area is 376 Å². The largest absolute Gasteiger partial charge is 0.455 e. The van der Waals surface area contributed by atoms with Crippen molar-refractivity contribution in [1.82, 2.24) is 15.0 Å². The molecule has 0 amide bonds. The zero-order valence-corrected chi connectivity index (χ0v) is 35.3. The minimum absolute atomic E-state index is 0.610. The lowest BCUT2D eigenvalue weighted by molar-refractivity contribution is 0.670. The van der Waals surface area contributed by atoms with E-state index in [1.54, 1.807) is 0 Å². The summed E-state index contributed by atoms with van der Waals surface area (Å²) >= 11 is 0. The lowest BCUT2D eigenvalue weighted by atomic mass is 9.91. The van der Waals surface area contributed by atoms with Gasteiger partial charge >= 0.3 is 0 Å². The summed E-state index contributed by atoms with van der Waals surface area (Å²) in [5.74, 6) is 1.85. The molecule has 0 atom stereocenters. The normalized spacial score (nSPS) is 11.4. The first kappa shape index (κ1) is 38.0. The molecule has 0 aliphatic heterocycles. The maximum Gasteiger partial charge on any atom is 0.164 e. The molecule has 0 unspecified atom stereocenters. The smallest absolute Gasteiger partial charge is 0.164 e. The number of para-hydroxylation sites is 2. The number of hydrogen-bond acceptors (Lipinski definition) is 4. The minimum Gasteiger partial charge on any atom is -0.455 e.